The van der Waals surface area contributed by atoms with Crippen LogP contribution in [0.3, 0.4) is 0 Å². The number of carbonyl (C=O) groups is 1. The Kier molecular flexibility index (Phi) is 5.58. The van der Waals surface area contributed by atoms with Crippen molar-refractivity contribution in [3.05, 3.63) is 42.2 Å². The van der Waals surface area contributed by atoms with E-state index in [-0.39, 0.29) is 30.8 Å². The van der Waals surface area contributed by atoms with Crippen LogP contribution in [-0.2, 0) is 4.79 Å². The third kappa shape index (κ3) is 4.86. The summed E-state index contributed by atoms with van der Waals surface area (Å²) >= 11 is 0. The molecule has 6 nitrogen and oxygen atoms in total. The topological polar surface area (TPSA) is 64.5 Å². The lowest BCUT2D eigenvalue weighted by atomic mass is 9.96. The van der Waals surface area contributed by atoms with Gasteiger partial charge in [-0.2, -0.15) is 0 Å². The Morgan fingerprint density at radius 1 is 1.20 bits per heavy atom. The number of ketones is 1. The second-order valence-corrected chi connectivity index (χ2v) is 8.21. The first-order valence-electron chi connectivity index (χ1n) is 10.1. The Labute approximate surface area is 174 Å². The minimum atomic E-state index is -2.58. The number of anilines is 1. The van der Waals surface area contributed by atoms with Gasteiger partial charge in [0.1, 0.15) is 17.6 Å². The highest BCUT2D eigenvalue weighted by Crippen LogP contribution is 2.48. The van der Waals surface area contributed by atoms with Gasteiger partial charge in [0.2, 0.25) is 5.95 Å². The Hall–Kier alpha value is -2.77. The number of benzene rings is 1. The van der Waals surface area contributed by atoms with Gasteiger partial charge < -0.3 is 19.2 Å². The van der Waals surface area contributed by atoms with Gasteiger partial charge in [0.25, 0.3) is 5.92 Å². The fourth-order valence-corrected chi connectivity index (χ4v) is 3.49. The molecule has 2 atom stereocenters. The van der Waals surface area contributed by atoms with E-state index < -0.39 is 11.8 Å². The Morgan fingerprint density at radius 3 is 2.40 bits per heavy atom. The highest BCUT2D eigenvalue weighted by Gasteiger charge is 2.57. The van der Waals surface area contributed by atoms with Crippen molar-refractivity contribution in [1.82, 2.24) is 9.97 Å². The van der Waals surface area contributed by atoms with Gasteiger partial charge in [-0.15, -0.1) is 0 Å². The van der Waals surface area contributed by atoms with E-state index in [1.54, 1.807) is 6.92 Å². The summed E-state index contributed by atoms with van der Waals surface area (Å²) in [6.45, 7) is 4.96. The zero-order valence-electron chi connectivity index (χ0n) is 17.1. The first-order valence-corrected chi connectivity index (χ1v) is 10.1. The number of carbonyl (C=O) groups excluding carboxylic acids is 1. The van der Waals surface area contributed by atoms with Crippen molar-refractivity contribution < 1.29 is 23.0 Å². The predicted octanol–water partition coefficient (Wildman–Crippen LogP) is 3.86. The molecule has 2 fully saturated rings. The summed E-state index contributed by atoms with van der Waals surface area (Å²) < 4.78 is 37.1. The van der Waals surface area contributed by atoms with Crippen molar-refractivity contribution in [2.24, 2.45) is 5.92 Å². The van der Waals surface area contributed by atoms with E-state index in [4.69, 9.17) is 9.47 Å². The van der Waals surface area contributed by atoms with Gasteiger partial charge >= 0.3 is 0 Å². The van der Waals surface area contributed by atoms with Crippen LogP contribution in [0, 0.1) is 5.92 Å². The van der Waals surface area contributed by atoms with Crippen LogP contribution in [-0.4, -0.2) is 47.5 Å². The van der Waals surface area contributed by atoms with Crippen LogP contribution in [0.1, 0.15) is 38.2 Å². The van der Waals surface area contributed by atoms with Crippen molar-refractivity contribution in [3.63, 3.8) is 0 Å². The van der Waals surface area contributed by atoms with Crippen LogP contribution in [0.5, 0.6) is 11.5 Å². The molecule has 1 aromatic heterocycles. The lowest BCUT2D eigenvalue weighted by Crippen LogP contribution is -2.54. The number of ether oxygens (including phenoxy) is 2. The zero-order chi connectivity index (χ0) is 21.3. The van der Waals surface area contributed by atoms with Gasteiger partial charge in [-0.05, 0) is 30.5 Å². The molecule has 1 unspecified atom stereocenters. The molecule has 4 rings (SSSR count). The third-order valence-electron chi connectivity index (χ3n) is 5.50. The number of hydrogen-bond donors (Lipinski definition) is 0. The molecule has 1 saturated heterocycles. The van der Waals surface area contributed by atoms with E-state index in [0.717, 1.165) is 11.3 Å². The van der Waals surface area contributed by atoms with Crippen LogP contribution in [0.25, 0.3) is 0 Å². The van der Waals surface area contributed by atoms with E-state index in [1.165, 1.54) is 12.4 Å². The second kappa shape index (κ2) is 8.16. The predicted molar refractivity (Wildman–Crippen MR) is 107 cm³/mol. The van der Waals surface area contributed by atoms with E-state index in [1.807, 2.05) is 36.1 Å². The molecule has 1 saturated carbocycles. The van der Waals surface area contributed by atoms with Crippen molar-refractivity contribution in [3.8, 4) is 11.5 Å². The molecule has 0 spiro atoms. The highest BCUT2D eigenvalue weighted by atomic mass is 19.3. The molecule has 0 radical (unpaired) electrons. The second-order valence-electron chi connectivity index (χ2n) is 8.21. The maximum absolute atomic E-state index is 12.9. The van der Waals surface area contributed by atoms with Crippen molar-refractivity contribution in [1.29, 1.82) is 0 Å². The maximum Gasteiger partial charge on any atom is 0.255 e. The summed E-state index contributed by atoms with van der Waals surface area (Å²) in [5.41, 5.74) is 1.12. The number of halogens is 2. The van der Waals surface area contributed by atoms with E-state index in [9.17, 15) is 13.6 Å². The Morgan fingerprint density at radius 2 is 1.83 bits per heavy atom. The van der Waals surface area contributed by atoms with Crippen molar-refractivity contribution in [2.45, 2.75) is 44.6 Å². The average Bonchev–Trinajstić information content (AvgIpc) is 3.30. The largest absolute Gasteiger partial charge is 0.490 e. The van der Waals surface area contributed by atoms with Crippen molar-refractivity contribution in [2.75, 3.05) is 24.6 Å². The molecule has 1 aromatic carbocycles. The molecule has 2 heterocycles. The lowest BCUT2D eigenvalue weighted by molar-refractivity contribution is -0.117. The van der Waals surface area contributed by atoms with Crippen LogP contribution in [0.2, 0.25) is 0 Å². The summed E-state index contributed by atoms with van der Waals surface area (Å²) in [5.74, 6) is -1.15. The number of Topliss-reactive ketones (excluding diaryl/α,β-unsaturated/α-hetero) is 1. The van der Waals surface area contributed by atoms with E-state index in [2.05, 4.69) is 9.97 Å². The molecular formula is C22H25F2N3O3. The van der Waals surface area contributed by atoms with Gasteiger partial charge in [-0.3, -0.25) is 0 Å². The molecule has 30 heavy (non-hydrogen) atoms. The molecule has 0 bridgehead atoms. The molecule has 2 aromatic rings. The maximum atomic E-state index is 12.9. The van der Waals surface area contributed by atoms with Gasteiger partial charge in [-0.1, -0.05) is 19.1 Å². The standard InChI is InChI=1S/C22H25F2N3O3/c1-14(7-15(2)28)16-3-5-18(6-4-16)30-20-11-27(12-20)21-25-9-19(10-26-21)29-13-17-8-22(17,23)24/h3-6,9-10,14,17,20H,7-8,11-13H2,1-2H3/t14-,17?/m1/s1. The number of hydrogen-bond acceptors (Lipinski definition) is 6. The molecule has 8 heteroatoms. The van der Waals surface area contributed by atoms with E-state index >= 15 is 0 Å². The Balaban J connectivity index is 1.21. The smallest absolute Gasteiger partial charge is 0.255 e. The Bertz CT molecular complexity index is 884. The fraction of sp³-hybridized carbons (Fsp3) is 0.500. The van der Waals surface area contributed by atoms with Crippen molar-refractivity contribution >= 4 is 11.7 Å². The van der Waals surface area contributed by atoms with Gasteiger partial charge in [0, 0.05) is 12.8 Å². The first-order chi connectivity index (χ1) is 14.3. The molecule has 1 aliphatic carbocycles. The average molecular weight is 417 g/mol. The van der Waals surface area contributed by atoms with Gasteiger partial charge in [-0.25, -0.2) is 18.7 Å². The molecule has 2 aliphatic rings. The van der Waals surface area contributed by atoms with E-state index in [0.29, 0.717) is 31.2 Å². The molecule has 1 aliphatic heterocycles. The van der Waals surface area contributed by atoms with Crippen LogP contribution in [0.4, 0.5) is 14.7 Å². The van der Waals surface area contributed by atoms with Gasteiger partial charge in [0.15, 0.2) is 5.75 Å². The monoisotopic (exact) mass is 417 g/mol. The third-order valence-corrected chi connectivity index (χ3v) is 5.50. The molecule has 0 amide bonds. The number of nitrogens with zero attached hydrogens (tertiary/aromatic N) is 3. The number of rotatable bonds is 9. The SMILES string of the molecule is CC(=O)C[C@@H](C)c1ccc(OC2CN(c3ncc(OCC4CC4(F)F)cn3)C2)cc1. The lowest BCUT2D eigenvalue weighted by Gasteiger charge is -2.38. The first kappa shape index (κ1) is 20.5. The van der Waals surface area contributed by atoms with Crippen LogP contribution < -0.4 is 14.4 Å². The quantitative estimate of drug-likeness (QED) is 0.617. The minimum Gasteiger partial charge on any atom is -0.490 e. The molecule has 0 N–H and O–H groups in total. The van der Waals surface area contributed by atoms with Crippen LogP contribution in [0.15, 0.2) is 36.7 Å². The molecular weight excluding hydrogens is 392 g/mol. The summed E-state index contributed by atoms with van der Waals surface area (Å²) in [6.07, 6.45) is 3.49. The fourth-order valence-electron chi connectivity index (χ4n) is 3.49. The normalized spacial score (nSPS) is 20.9. The summed E-state index contributed by atoms with van der Waals surface area (Å²) in [4.78, 5) is 21.7. The summed E-state index contributed by atoms with van der Waals surface area (Å²) in [7, 11) is 0. The zero-order valence-corrected chi connectivity index (χ0v) is 17.1. The summed E-state index contributed by atoms with van der Waals surface area (Å²) in [6, 6.07) is 7.86. The van der Waals surface area contributed by atoms with Gasteiger partial charge in [0.05, 0.1) is 38.0 Å². The molecule has 160 valence electrons. The minimum absolute atomic E-state index is 0.0122. The highest BCUT2D eigenvalue weighted by molar-refractivity contribution is 5.76. The summed E-state index contributed by atoms with van der Waals surface area (Å²) in [5, 5.41) is 0. The van der Waals surface area contributed by atoms with Crippen LogP contribution >= 0.6 is 0 Å². The number of aromatic nitrogens is 2. The number of alkyl halides is 2.